The number of Topliss-reactive ketones (excluding diaryl/α,β-unsaturated/α-hetero) is 1. The zero-order valence-electron chi connectivity index (χ0n) is 11.1. The lowest BCUT2D eigenvalue weighted by Gasteiger charge is -2.38. The molecule has 0 atom stereocenters. The Morgan fingerprint density at radius 3 is 2.33 bits per heavy atom. The molecule has 18 heavy (non-hydrogen) atoms. The number of carbonyl (C=O) groups excluding carboxylic acids is 1. The van der Waals surface area contributed by atoms with E-state index in [-0.39, 0.29) is 5.78 Å². The van der Waals surface area contributed by atoms with Gasteiger partial charge in [-0.2, -0.15) is 0 Å². The second kappa shape index (κ2) is 5.21. The molecule has 3 heteroatoms. The number of nitrogens with two attached hydrogens (primary N) is 1. The second-order valence-electron chi connectivity index (χ2n) is 5.60. The molecule has 0 saturated carbocycles. The summed E-state index contributed by atoms with van der Waals surface area (Å²) in [5.74, 6) is 0.745. The molecule has 3 nitrogen and oxygen atoms in total. The molecular formula is C15H21NO2. The van der Waals surface area contributed by atoms with E-state index in [4.69, 9.17) is 10.5 Å². The van der Waals surface area contributed by atoms with E-state index in [0.29, 0.717) is 25.7 Å². The maximum absolute atomic E-state index is 12.4. The van der Waals surface area contributed by atoms with Gasteiger partial charge >= 0.3 is 0 Å². The molecule has 0 unspecified atom stereocenters. The van der Waals surface area contributed by atoms with Crippen molar-refractivity contribution in [3.05, 3.63) is 35.4 Å². The summed E-state index contributed by atoms with van der Waals surface area (Å²) < 4.78 is 5.15. The number of carbonyl (C=O) groups is 1. The largest absolute Gasteiger partial charge is 0.379 e. The first-order valence-corrected chi connectivity index (χ1v) is 6.49. The van der Waals surface area contributed by atoms with Crippen molar-refractivity contribution < 1.29 is 9.53 Å². The van der Waals surface area contributed by atoms with Crippen molar-refractivity contribution in [1.29, 1.82) is 0 Å². The van der Waals surface area contributed by atoms with Gasteiger partial charge in [0.05, 0.1) is 18.6 Å². The van der Waals surface area contributed by atoms with Gasteiger partial charge in [-0.15, -0.1) is 0 Å². The summed E-state index contributed by atoms with van der Waals surface area (Å²) in [6.07, 6.45) is 1.04. The standard InChI is InChI=1S/C15H21NO2/c1-11(2)7-12-3-5-13(6-4-12)14(17)15(8-16)9-18-10-15/h3-6,11H,7-10,16H2,1-2H3. The van der Waals surface area contributed by atoms with Crippen LogP contribution in [0.4, 0.5) is 0 Å². The van der Waals surface area contributed by atoms with E-state index < -0.39 is 5.41 Å². The van der Waals surface area contributed by atoms with E-state index in [1.54, 1.807) is 0 Å². The molecule has 1 aliphatic rings. The molecule has 0 aromatic heterocycles. The summed E-state index contributed by atoms with van der Waals surface area (Å²) in [4.78, 5) is 12.4. The monoisotopic (exact) mass is 247 g/mol. The number of benzene rings is 1. The first kappa shape index (κ1) is 13.2. The lowest BCUT2D eigenvalue weighted by atomic mass is 9.78. The fraction of sp³-hybridized carbons (Fsp3) is 0.533. The minimum absolute atomic E-state index is 0.118. The van der Waals surface area contributed by atoms with Crippen LogP contribution >= 0.6 is 0 Å². The highest BCUT2D eigenvalue weighted by Crippen LogP contribution is 2.30. The molecule has 1 heterocycles. The van der Waals surface area contributed by atoms with Gasteiger partial charge in [0.25, 0.3) is 0 Å². The van der Waals surface area contributed by atoms with Gasteiger partial charge in [-0.05, 0) is 17.9 Å². The van der Waals surface area contributed by atoms with Gasteiger partial charge in [0.15, 0.2) is 5.78 Å². The van der Waals surface area contributed by atoms with E-state index in [2.05, 4.69) is 13.8 Å². The summed E-state index contributed by atoms with van der Waals surface area (Å²) in [5.41, 5.74) is 7.25. The zero-order valence-corrected chi connectivity index (χ0v) is 11.1. The van der Waals surface area contributed by atoms with Crippen molar-refractivity contribution in [2.75, 3.05) is 19.8 Å². The number of ether oxygens (including phenoxy) is 1. The summed E-state index contributed by atoms with van der Waals surface area (Å²) in [5, 5.41) is 0. The van der Waals surface area contributed by atoms with Crippen molar-refractivity contribution in [3.63, 3.8) is 0 Å². The Morgan fingerprint density at radius 1 is 1.33 bits per heavy atom. The smallest absolute Gasteiger partial charge is 0.174 e. The molecule has 0 aliphatic carbocycles. The van der Waals surface area contributed by atoms with Crippen LogP contribution in [0.5, 0.6) is 0 Å². The Hall–Kier alpha value is -1.19. The SMILES string of the molecule is CC(C)Cc1ccc(C(=O)C2(CN)COC2)cc1. The van der Waals surface area contributed by atoms with E-state index in [9.17, 15) is 4.79 Å². The Balaban J connectivity index is 2.12. The van der Waals surface area contributed by atoms with Crippen molar-refractivity contribution in [3.8, 4) is 0 Å². The molecule has 2 rings (SSSR count). The van der Waals surface area contributed by atoms with Gasteiger partial charge in [0.1, 0.15) is 0 Å². The number of ketones is 1. The van der Waals surface area contributed by atoms with Crippen LogP contribution in [-0.4, -0.2) is 25.5 Å². The van der Waals surface area contributed by atoms with Crippen LogP contribution in [0.2, 0.25) is 0 Å². The van der Waals surface area contributed by atoms with Crippen molar-refractivity contribution in [2.24, 2.45) is 17.1 Å². The molecule has 0 spiro atoms. The highest BCUT2D eigenvalue weighted by molar-refractivity contribution is 6.01. The number of hydrogen-bond acceptors (Lipinski definition) is 3. The Labute approximate surface area is 108 Å². The summed E-state index contributed by atoms with van der Waals surface area (Å²) in [6, 6.07) is 7.90. The predicted octanol–water partition coefficient (Wildman–Crippen LogP) is 2.04. The first-order chi connectivity index (χ1) is 8.57. The normalized spacial score (nSPS) is 17.6. The maximum Gasteiger partial charge on any atom is 0.174 e. The molecule has 0 radical (unpaired) electrons. The summed E-state index contributed by atoms with van der Waals surface area (Å²) >= 11 is 0. The molecule has 1 aromatic carbocycles. The molecule has 1 saturated heterocycles. The van der Waals surface area contributed by atoms with Gasteiger partial charge < -0.3 is 10.5 Å². The minimum atomic E-state index is -0.473. The Morgan fingerprint density at radius 2 is 1.94 bits per heavy atom. The molecular weight excluding hydrogens is 226 g/mol. The van der Waals surface area contributed by atoms with Gasteiger partial charge in [-0.25, -0.2) is 0 Å². The summed E-state index contributed by atoms with van der Waals surface area (Å²) in [6.45, 7) is 5.65. The number of rotatable bonds is 5. The van der Waals surface area contributed by atoms with Crippen molar-refractivity contribution >= 4 is 5.78 Å². The zero-order chi connectivity index (χ0) is 13.2. The van der Waals surface area contributed by atoms with Crippen LogP contribution in [0.3, 0.4) is 0 Å². The van der Waals surface area contributed by atoms with E-state index in [1.807, 2.05) is 24.3 Å². The van der Waals surface area contributed by atoms with Gasteiger partial charge in [0.2, 0.25) is 0 Å². The molecule has 1 aliphatic heterocycles. The molecule has 0 amide bonds. The predicted molar refractivity (Wildman–Crippen MR) is 71.6 cm³/mol. The minimum Gasteiger partial charge on any atom is -0.379 e. The van der Waals surface area contributed by atoms with Gasteiger partial charge in [-0.3, -0.25) is 4.79 Å². The third-order valence-electron chi connectivity index (χ3n) is 3.49. The van der Waals surface area contributed by atoms with E-state index in [0.717, 1.165) is 12.0 Å². The maximum atomic E-state index is 12.4. The summed E-state index contributed by atoms with van der Waals surface area (Å²) in [7, 11) is 0. The first-order valence-electron chi connectivity index (χ1n) is 6.49. The fourth-order valence-electron chi connectivity index (χ4n) is 2.26. The molecule has 98 valence electrons. The fourth-order valence-corrected chi connectivity index (χ4v) is 2.26. The average Bonchev–Trinajstić information content (AvgIpc) is 2.28. The highest BCUT2D eigenvalue weighted by atomic mass is 16.5. The Kier molecular flexibility index (Phi) is 3.83. The lowest BCUT2D eigenvalue weighted by Crippen LogP contribution is -2.54. The molecule has 1 aromatic rings. The Bertz CT molecular complexity index is 413. The van der Waals surface area contributed by atoms with Crippen LogP contribution in [0.1, 0.15) is 29.8 Å². The van der Waals surface area contributed by atoms with Gasteiger partial charge in [-0.1, -0.05) is 38.1 Å². The third kappa shape index (κ3) is 2.47. The molecule has 2 N–H and O–H groups in total. The van der Waals surface area contributed by atoms with E-state index >= 15 is 0 Å². The van der Waals surface area contributed by atoms with Gasteiger partial charge in [0, 0.05) is 12.1 Å². The van der Waals surface area contributed by atoms with Crippen LogP contribution in [-0.2, 0) is 11.2 Å². The molecule has 1 fully saturated rings. The van der Waals surface area contributed by atoms with Crippen molar-refractivity contribution in [2.45, 2.75) is 20.3 Å². The van der Waals surface area contributed by atoms with E-state index in [1.165, 1.54) is 5.56 Å². The topological polar surface area (TPSA) is 52.3 Å². The lowest BCUT2D eigenvalue weighted by molar-refractivity contribution is -0.0816. The quantitative estimate of drug-likeness (QED) is 0.810. The second-order valence-corrected chi connectivity index (χ2v) is 5.60. The van der Waals surface area contributed by atoms with Crippen LogP contribution in [0, 0.1) is 11.3 Å². The molecule has 0 bridgehead atoms. The van der Waals surface area contributed by atoms with Crippen LogP contribution in [0.25, 0.3) is 0 Å². The number of hydrogen-bond donors (Lipinski definition) is 1. The van der Waals surface area contributed by atoms with Crippen molar-refractivity contribution in [1.82, 2.24) is 0 Å². The third-order valence-corrected chi connectivity index (χ3v) is 3.49. The van der Waals surface area contributed by atoms with Crippen LogP contribution in [0.15, 0.2) is 24.3 Å². The van der Waals surface area contributed by atoms with Crippen LogP contribution < -0.4 is 5.73 Å². The average molecular weight is 247 g/mol. The highest BCUT2D eigenvalue weighted by Gasteiger charge is 2.44.